The molecule has 1 aliphatic rings. The number of hydrogen-bond donors (Lipinski definition) is 1. The highest BCUT2D eigenvalue weighted by atomic mass is 32.2. The molecule has 0 radical (unpaired) electrons. The second kappa shape index (κ2) is 8.14. The Bertz CT molecular complexity index is 960. The molecule has 140 valence electrons. The fourth-order valence-electron chi connectivity index (χ4n) is 2.75. The van der Waals surface area contributed by atoms with Crippen molar-refractivity contribution in [2.75, 3.05) is 18.9 Å². The number of para-hydroxylation sites is 2. The van der Waals surface area contributed by atoms with E-state index in [0.717, 1.165) is 27.4 Å². The number of ether oxygens (including phenoxy) is 2. The van der Waals surface area contributed by atoms with Crippen LogP contribution in [0.25, 0.3) is 10.2 Å². The molecule has 1 aromatic carbocycles. The van der Waals surface area contributed by atoms with E-state index in [4.69, 9.17) is 9.47 Å². The van der Waals surface area contributed by atoms with Crippen LogP contribution in [0.3, 0.4) is 0 Å². The first-order valence-electron chi connectivity index (χ1n) is 8.74. The number of benzene rings is 1. The predicted octanol–water partition coefficient (Wildman–Crippen LogP) is 3.30. The predicted molar refractivity (Wildman–Crippen MR) is 107 cm³/mol. The zero-order valence-corrected chi connectivity index (χ0v) is 16.4. The Labute approximate surface area is 165 Å². The van der Waals surface area contributed by atoms with E-state index in [0.29, 0.717) is 24.7 Å². The van der Waals surface area contributed by atoms with Crippen molar-refractivity contribution < 1.29 is 14.3 Å². The highest BCUT2D eigenvalue weighted by Crippen LogP contribution is 2.31. The number of carbonyl (C=O) groups excluding carboxylic acids is 1. The second-order valence-electron chi connectivity index (χ2n) is 6.05. The summed E-state index contributed by atoms with van der Waals surface area (Å²) < 4.78 is 11.5. The minimum Gasteiger partial charge on any atom is -0.486 e. The maximum absolute atomic E-state index is 12.2. The topological polar surface area (TPSA) is 73.3 Å². The molecule has 3 heterocycles. The van der Waals surface area contributed by atoms with Crippen LogP contribution in [0.4, 0.5) is 0 Å². The molecule has 2 aromatic heterocycles. The van der Waals surface area contributed by atoms with Gasteiger partial charge in [0.1, 0.15) is 28.9 Å². The normalized spacial score (nSPS) is 15.7. The molecule has 1 aliphatic heterocycles. The number of thiophene rings is 1. The van der Waals surface area contributed by atoms with E-state index in [1.165, 1.54) is 16.6 Å². The van der Waals surface area contributed by atoms with Gasteiger partial charge in [-0.2, -0.15) is 0 Å². The van der Waals surface area contributed by atoms with Gasteiger partial charge in [0.25, 0.3) is 0 Å². The molecule has 0 fully saturated rings. The van der Waals surface area contributed by atoms with Gasteiger partial charge >= 0.3 is 0 Å². The molecule has 1 N–H and O–H groups in total. The van der Waals surface area contributed by atoms with Crippen molar-refractivity contribution in [2.24, 2.45) is 0 Å². The van der Waals surface area contributed by atoms with Crippen LogP contribution in [0.2, 0.25) is 0 Å². The van der Waals surface area contributed by atoms with Crippen molar-refractivity contribution in [1.82, 2.24) is 15.3 Å². The lowest BCUT2D eigenvalue weighted by Gasteiger charge is -2.26. The minimum absolute atomic E-state index is 0.0554. The van der Waals surface area contributed by atoms with E-state index in [9.17, 15) is 4.79 Å². The minimum atomic E-state index is -0.191. The van der Waals surface area contributed by atoms with E-state index < -0.39 is 0 Å². The fourth-order valence-corrected chi connectivity index (χ4v) is 4.55. The number of nitrogens with one attached hydrogen (secondary N) is 1. The Morgan fingerprint density at radius 2 is 2.19 bits per heavy atom. The number of nitrogens with zero attached hydrogens (tertiary/aromatic N) is 2. The summed E-state index contributed by atoms with van der Waals surface area (Å²) in [7, 11) is 0. The van der Waals surface area contributed by atoms with Crippen molar-refractivity contribution >= 4 is 39.2 Å². The number of hydrogen-bond acceptors (Lipinski definition) is 7. The van der Waals surface area contributed by atoms with Crippen LogP contribution < -0.4 is 14.8 Å². The molecule has 3 aromatic rings. The first kappa shape index (κ1) is 18.1. The number of thioether (sulfide) groups is 1. The molecule has 0 saturated heterocycles. The smallest absolute Gasteiger partial charge is 0.230 e. The third-order valence-corrected chi connectivity index (χ3v) is 6.32. The van der Waals surface area contributed by atoms with E-state index in [2.05, 4.69) is 28.3 Å². The van der Waals surface area contributed by atoms with E-state index in [1.54, 1.807) is 17.7 Å². The number of fused-ring (bicyclic) bond motifs is 2. The first-order valence-corrected chi connectivity index (χ1v) is 10.5. The summed E-state index contributed by atoms with van der Waals surface area (Å²) in [6, 6.07) is 9.66. The lowest BCUT2D eigenvalue weighted by atomic mass is 10.2. The van der Waals surface area contributed by atoms with Gasteiger partial charge in [-0.05, 0) is 24.6 Å². The molecule has 27 heavy (non-hydrogen) atoms. The molecule has 1 unspecified atom stereocenters. The Morgan fingerprint density at radius 3 is 3.04 bits per heavy atom. The van der Waals surface area contributed by atoms with Crippen LogP contribution >= 0.6 is 23.1 Å². The summed E-state index contributed by atoms with van der Waals surface area (Å²) in [6.07, 6.45) is 2.34. The van der Waals surface area contributed by atoms with Crippen molar-refractivity contribution in [1.29, 1.82) is 0 Å². The van der Waals surface area contributed by atoms with Gasteiger partial charge in [-0.25, -0.2) is 9.97 Å². The van der Waals surface area contributed by atoms with Crippen LogP contribution in [0.15, 0.2) is 41.7 Å². The van der Waals surface area contributed by atoms with Gasteiger partial charge in [0.2, 0.25) is 5.91 Å². The van der Waals surface area contributed by atoms with Crippen LogP contribution in [-0.4, -0.2) is 40.9 Å². The number of amides is 1. The molecular weight excluding hydrogens is 382 g/mol. The summed E-state index contributed by atoms with van der Waals surface area (Å²) in [5, 5.41) is 4.78. The molecule has 0 saturated carbocycles. The fraction of sp³-hybridized carbons (Fsp3) is 0.316. The molecule has 4 rings (SSSR count). The number of carbonyl (C=O) groups is 1. The van der Waals surface area contributed by atoms with E-state index >= 15 is 0 Å². The van der Waals surface area contributed by atoms with Crippen LogP contribution in [0.5, 0.6) is 11.5 Å². The van der Waals surface area contributed by atoms with Gasteiger partial charge < -0.3 is 14.8 Å². The Kier molecular flexibility index (Phi) is 5.45. The van der Waals surface area contributed by atoms with Crippen LogP contribution in [-0.2, 0) is 11.2 Å². The molecule has 0 bridgehead atoms. The van der Waals surface area contributed by atoms with Gasteiger partial charge in [-0.3, -0.25) is 4.79 Å². The average molecular weight is 402 g/mol. The maximum atomic E-state index is 12.2. The third kappa shape index (κ3) is 4.17. The molecule has 0 aliphatic carbocycles. The van der Waals surface area contributed by atoms with Crippen molar-refractivity contribution in [3.63, 3.8) is 0 Å². The zero-order valence-electron chi connectivity index (χ0n) is 14.8. The largest absolute Gasteiger partial charge is 0.486 e. The quantitative estimate of drug-likeness (QED) is 0.505. The molecular formula is C19H19N3O3S2. The van der Waals surface area contributed by atoms with Gasteiger partial charge in [-0.1, -0.05) is 30.8 Å². The Hall–Kier alpha value is -2.32. The van der Waals surface area contributed by atoms with Gasteiger partial charge in [0.05, 0.1) is 12.3 Å². The van der Waals surface area contributed by atoms with Crippen LogP contribution in [0.1, 0.15) is 11.8 Å². The number of rotatable bonds is 6. The summed E-state index contributed by atoms with van der Waals surface area (Å²) >= 11 is 3.10. The van der Waals surface area contributed by atoms with Gasteiger partial charge in [-0.15, -0.1) is 11.3 Å². The van der Waals surface area contributed by atoms with Gasteiger partial charge in [0.15, 0.2) is 11.5 Å². The lowest BCUT2D eigenvalue weighted by Crippen LogP contribution is -2.41. The maximum Gasteiger partial charge on any atom is 0.230 e. The Morgan fingerprint density at radius 1 is 1.33 bits per heavy atom. The van der Waals surface area contributed by atoms with Crippen molar-refractivity contribution in [3.8, 4) is 11.5 Å². The van der Waals surface area contributed by atoms with Crippen molar-refractivity contribution in [3.05, 3.63) is 41.5 Å². The lowest BCUT2D eigenvalue weighted by molar-refractivity contribution is -0.119. The monoisotopic (exact) mass is 401 g/mol. The summed E-state index contributed by atoms with van der Waals surface area (Å²) in [4.78, 5) is 23.1. The van der Waals surface area contributed by atoms with Crippen molar-refractivity contribution in [2.45, 2.75) is 24.5 Å². The summed E-state index contributed by atoms with van der Waals surface area (Å²) in [6.45, 7) is 2.95. The molecule has 1 atom stereocenters. The van der Waals surface area contributed by atoms with Crippen LogP contribution in [0, 0.1) is 0 Å². The highest BCUT2D eigenvalue weighted by molar-refractivity contribution is 8.00. The van der Waals surface area contributed by atoms with E-state index in [1.807, 2.05) is 24.3 Å². The standard InChI is InChI=1S/C19H19N3O3S2/c1-2-13-7-14-18(21-11-22-19(14)27-13)26-10-17(23)20-8-12-9-24-15-5-3-4-6-16(15)25-12/h3-7,11-12H,2,8-10H2,1H3,(H,20,23). The van der Waals surface area contributed by atoms with Gasteiger partial charge in [0, 0.05) is 10.3 Å². The molecule has 6 nitrogen and oxygen atoms in total. The first-order chi connectivity index (χ1) is 13.2. The van der Waals surface area contributed by atoms with E-state index in [-0.39, 0.29) is 12.0 Å². The SMILES string of the molecule is CCc1cc2c(SCC(=O)NCC3COc4ccccc4O3)ncnc2s1. The number of aromatic nitrogens is 2. The third-order valence-electron chi connectivity index (χ3n) is 4.13. The second-order valence-corrected chi connectivity index (χ2v) is 8.13. The Balaban J connectivity index is 1.30. The summed E-state index contributed by atoms with van der Waals surface area (Å²) in [5.74, 6) is 1.70. The molecule has 8 heteroatoms. The molecule has 1 amide bonds. The number of aryl methyl sites for hydroxylation is 1. The molecule has 0 spiro atoms. The summed E-state index contributed by atoms with van der Waals surface area (Å²) in [5.41, 5.74) is 0. The highest BCUT2D eigenvalue weighted by Gasteiger charge is 2.21. The zero-order chi connectivity index (χ0) is 18.6. The average Bonchev–Trinajstić information content (AvgIpc) is 3.14.